The Labute approximate surface area is 89.7 Å². The molecule has 0 aromatic heterocycles. The lowest BCUT2D eigenvalue weighted by atomic mass is 9.99. The molecule has 1 rings (SSSR count). The van der Waals surface area contributed by atoms with E-state index in [2.05, 4.69) is 0 Å². The normalized spacial score (nSPS) is 10.3. The number of carbonyl (C=O) groups is 1. The van der Waals surface area contributed by atoms with E-state index in [0.29, 0.717) is 13.0 Å². The van der Waals surface area contributed by atoms with Crippen LogP contribution in [-0.4, -0.2) is 18.2 Å². The van der Waals surface area contributed by atoms with Crippen molar-refractivity contribution in [3.8, 4) is 0 Å². The second-order valence-electron chi connectivity index (χ2n) is 3.54. The van der Waals surface area contributed by atoms with E-state index in [1.165, 1.54) is 0 Å². The summed E-state index contributed by atoms with van der Waals surface area (Å²) in [5.74, 6) is -0.764. The van der Waals surface area contributed by atoms with Crippen LogP contribution >= 0.6 is 0 Å². The molecule has 3 nitrogen and oxygen atoms in total. The van der Waals surface area contributed by atoms with E-state index in [0.717, 1.165) is 16.7 Å². The highest BCUT2D eigenvalue weighted by molar-refractivity contribution is 5.67. The van der Waals surface area contributed by atoms with Gasteiger partial charge in [-0.15, -0.1) is 0 Å². The standard InChI is InChI=1S/C12H16O3/c1-9-4-3-5-10(6-7-12(13)14)11(9)8-15-2/h3-5H,6-8H2,1-2H3,(H,13,14). The molecule has 0 amide bonds. The van der Waals surface area contributed by atoms with Gasteiger partial charge in [0.05, 0.1) is 6.61 Å². The van der Waals surface area contributed by atoms with Crippen molar-refractivity contribution in [2.24, 2.45) is 0 Å². The molecular weight excluding hydrogens is 192 g/mol. The predicted molar refractivity (Wildman–Crippen MR) is 57.8 cm³/mol. The SMILES string of the molecule is COCc1c(C)cccc1CCC(=O)O. The third-order valence-electron chi connectivity index (χ3n) is 2.40. The molecule has 0 spiro atoms. The maximum absolute atomic E-state index is 10.5. The van der Waals surface area contributed by atoms with E-state index < -0.39 is 5.97 Å². The van der Waals surface area contributed by atoms with Crippen LogP contribution in [0.5, 0.6) is 0 Å². The Bertz CT molecular complexity index is 345. The largest absolute Gasteiger partial charge is 0.481 e. The van der Waals surface area contributed by atoms with Crippen LogP contribution in [0.15, 0.2) is 18.2 Å². The molecular formula is C12H16O3. The summed E-state index contributed by atoms with van der Waals surface area (Å²) in [5.41, 5.74) is 3.33. The lowest BCUT2D eigenvalue weighted by Gasteiger charge is -2.10. The number of aryl methyl sites for hydroxylation is 2. The zero-order valence-corrected chi connectivity index (χ0v) is 9.12. The Kier molecular flexibility index (Phi) is 4.31. The lowest BCUT2D eigenvalue weighted by molar-refractivity contribution is -0.136. The number of rotatable bonds is 5. The maximum atomic E-state index is 10.5. The summed E-state index contributed by atoms with van der Waals surface area (Å²) in [7, 11) is 1.65. The van der Waals surface area contributed by atoms with Gasteiger partial charge in [0.15, 0.2) is 0 Å². The van der Waals surface area contributed by atoms with Gasteiger partial charge in [0.25, 0.3) is 0 Å². The highest BCUT2D eigenvalue weighted by Gasteiger charge is 2.06. The molecule has 1 N–H and O–H groups in total. The first-order chi connectivity index (χ1) is 7.15. The fourth-order valence-electron chi connectivity index (χ4n) is 1.59. The third kappa shape index (κ3) is 3.36. The van der Waals surface area contributed by atoms with Crippen LogP contribution in [0.2, 0.25) is 0 Å². The number of methoxy groups -OCH3 is 1. The van der Waals surface area contributed by atoms with E-state index in [4.69, 9.17) is 9.84 Å². The number of carboxylic acid groups (broad SMARTS) is 1. The van der Waals surface area contributed by atoms with Gasteiger partial charge in [0, 0.05) is 13.5 Å². The van der Waals surface area contributed by atoms with Gasteiger partial charge in [-0.2, -0.15) is 0 Å². The van der Waals surface area contributed by atoms with Crippen molar-refractivity contribution in [1.82, 2.24) is 0 Å². The van der Waals surface area contributed by atoms with Gasteiger partial charge in [-0.3, -0.25) is 4.79 Å². The molecule has 1 aromatic carbocycles. The summed E-state index contributed by atoms with van der Waals surface area (Å²) < 4.78 is 5.11. The van der Waals surface area contributed by atoms with Gasteiger partial charge < -0.3 is 9.84 Å². The Morgan fingerprint density at radius 3 is 2.80 bits per heavy atom. The minimum Gasteiger partial charge on any atom is -0.481 e. The summed E-state index contributed by atoms with van der Waals surface area (Å²) in [4.78, 5) is 10.5. The summed E-state index contributed by atoms with van der Waals surface area (Å²) in [5, 5.41) is 8.63. The minimum absolute atomic E-state index is 0.167. The Balaban J connectivity index is 2.85. The van der Waals surface area contributed by atoms with Crippen molar-refractivity contribution in [3.05, 3.63) is 34.9 Å². The molecule has 0 aliphatic carbocycles. The maximum Gasteiger partial charge on any atom is 0.303 e. The molecule has 0 aliphatic heterocycles. The second kappa shape index (κ2) is 5.51. The first-order valence-electron chi connectivity index (χ1n) is 4.93. The van der Waals surface area contributed by atoms with Gasteiger partial charge in [-0.1, -0.05) is 18.2 Å². The molecule has 3 heteroatoms. The lowest BCUT2D eigenvalue weighted by Crippen LogP contribution is -2.03. The predicted octanol–water partition coefficient (Wildman–Crippen LogP) is 2.16. The zero-order valence-electron chi connectivity index (χ0n) is 9.12. The minimum atomic E-state index is -0.764. The van der Waals surface area contributed by atoms with E-state index in [1.807, 2.05) is 25.1 Å². The van der Waals surface area contributed by atoms with Crippen LogP contribution in [0.25, 0.3) is 0 Å². The van der Waals surface area contributed by atoms with Crippen molar-refractivity contribution >= 4 is 5.97 Å². The first kappa shape index (κ1) is 11.7. The van der Waals surface area contributed by atoms with E-state index in [9.17, 15) is 4.79 Å². The van der Waals surface area contributed by atoms with E-state index >= 15 is 0 Å². The van der Waals surface area contributed by atoms with Crippen LogP contribution in [-0.2, 0) is 22.6 Å². The molecule has 1 aromatic rings. The van der Waals surface area contributed by atoms with Crippen molar-refractivity contribution < 1.29 is 14.6 Å². The van der Waals surface area contributed by atoms with Gasteiger partial charge in [0.2, 0.25) is 0 Å². The van der Waals surface area contributed by atoms with Crippen LogP contribution in [0.1, 0.15) is 23.1 Å². The molecule has 0 heterocycles. The van der Waals surface area contributed by atoms with Crippen LogP contribution in [0, 0.1) is 6.92 Å². The third-order valence-corrected chi connectivity index (χ3v) is 2.40. The van der Waals surface area contributed by atoms with E-state index in [1.54, 1.807) is 7.11 Å². The molecule has 82 valence electrons. The average Bonchev–Trinajstić information content (AvgIpc) is 2.19. The zero-order chi connectivity index (χ0) is 11.3. The number of benzene rings is 1. The number of hydrogen-bond acceptors (Lipinski definition) is 2. The molecule has 0 fully saturated rings. The molecule has 0 aliphatic rings. The van der Waals surface area contributed by atoms with Crippen LogP contribution < -0.4 is 0 Å². The fraction of sp³-hybridized carbons (Fsp3) is 0.417. The average molecular weight is 208 g/mol. The number of carboxylic acids is 1. The number of aliphatic carboxylic acids is 1. The van der Waals surface area contributed by atoms with Crippen molar-refractivity contribution in [1.29, 1.82) is 0 Å². The quantitative estimate of drug-likeness (QED) is 0.806. The van der Waals surface area contributed by atoms with Gasteiger partial charge in [-0.05, 0) is 30.0 Å². The second-order valence-corrected chi connectivity index (χ2v) is 3.54. The fourth-order valence-corrected chi connectivity index (χ4v) is 1.59. The van der Waals surface area contributed by atoms with E-state index in [-0.39, 0.29) is 6.42 Å². The van der Waals surface area contributed by atoms with Crippen LogP contribution in [0.3, 0.4) is 0 Å². The molecule has 0 unspecified atom stereocenters. The van der Waals surface area contributed by atoms with Gasteiger partial charge in [0.1, 0.15) is 0 Å². The highest BCUT2D eigenvalue weighted by atomic mass is 16.5. The monoisotopic (exact) mass is 208 g/mol. The highest BCUT2D eigenvalue weighted by Crippen LogP contribution is 2.16. The Morgan fingerprint density at radius 1 is 1.47 bits per heavy atom. The summed E-state index contributed by atoms with van der Waals surface area (Å²) >= 11 is 0. The Morgan fingerprint density at radius 2 is 2.20 bits per heavy atom. The van der Waals surface area contributed by atoms with Crippen LogP contribution in [0.4, 0.5) is 0 Å². The van der Waals surface area contributed by atoms with Gasteiger partial charge >= 0.3 is 5.97 Å². The molecule has 0 atom stereocenters. The van der Waals surface area contributed by atoms with Crippen molar-refractivity contribution in [3.63, 3.8) is 0 Å². The van der Waals surface area contributed by atoms with Crippen molar-refractivity contribution in [2.75, 3.05) is 7.11 Å². The van der Waals surface area contributed by atoms with Crippen molar-refractivity contribution in [2.45, 2.75) is 26.4 Å². The topological polar surface area (TPSA) is 46.5 Å². The number of ether oxygens (including phenoxy) is 1. The summed E-state index contributed by atoms with van der Waals surface area (Å²) in [6.07, 6.45) is 0.732. The summed E-state index contributed by atoms with van der Waals surface area (Å²) in [6, 6.07) is 5.93. The smallest absolute Gasteiger partial charge is 0.303 e. The summed E-state index contributed by atoms with van der Waals surface area (Å²) in [6.45, 7) is 2.56. The molecule has 0 saturated heterocycles. The molecule has 0 bridgehead atoms. The molecule has 15 heavy (non-hydrogen) atoms. The molecule has 0 radical (unpaired) electrons. The number of hydrogen-bond donors (Lipinski definition) is 1. The first-order valence-corrected chi connectivity index (χ1v) is 4.93. The van der Waals surface area contributed by atoms with Gasteiger partial charge in [-0.25, -0.2) is 0 Å². The molecule has 0 saturated carbocycles. The Hall–Kier alpha value is -1.35.